The summed E-state index contributed by atoms with van der Waals surface area (Å²) in [7, 11) is 1.82. The van der Waals surface area contributed by atoms with Crippen LogP contribution in [-0.2, 0) is 41.1 Å². The van der Waals surface area contributed by atoms with E-state index in [0.717, 1.165) is 11.6 Å². The van der Waals surface area contributed by atoms with E-state index < -0.39 is 29.0 Å². The number of fused-ring (bicyclic) bond motifs is 1. The second kappa shape index (κ2) is 8.59. The standard InChI is InChI=1S/C23H22F3N7O3/c1-32-12-29-31-20(32)7-22(10-36-11-22)13-5-18(28-8-17(27)34)30-19(6-13)33-9-15-14(21(33)35)3-2-4-16(15)23(24,25)26/h2-6,12H,7-11H2,1H3,(H2,27,34)(H,28,30). The molecule has 0 unspecified atom stereocenters. The number of nitrogens with zero attached hydrogens (tertiary/aromatic N) is 5. The molecule has 2 aliphatic heterocycles. The van der Waals surface area contributed by atoms with Crippen LogP contribution in [0.3, 0.4) is 0 Å². The Morgan fingerprint density at radius 3 is 2.67 bits per heavy atom. The molecule has 0 bridgehead atoms. The summed E-state index contributed by atoms with van der Waals surface area (Å²) in [5.74, 6) is -0.0935. The minimum absolute atomic E-state index is 0.0237. The van der Waals surface area contributed by atoms with Gasteiger partial charge in [0.05, 0.1) is 31.9 Å². The summed E-state index contributed by atoms with van der Waals surface area (Å²) >= 11 is 0. The van der Waals surface area contributed by atoms with Gasteiger partial charge in [0.25, 0.3) is 5.91 Å². The molecular formula is C23H22F3N7O3. The zero-order valence-electron chi connectivity index (χ0n) is 19.2. The average molecular weight is 501 g/mol. The van der Waals surface area contributed by atoms with Crippen LogP contribution in [0.4, 0.5) is 24.8 Å². The quantitative estimate of drug-likeness (QED) is 0.505. The van der Waals surface area contributed by atoms with Crippen LogP contribution in [-0.4, -0.2) is 51.3 Å². The van der Waals surface area contributed by atoms with Crippen LogP contribution >= 0.6 is 0 Å². The number of benzene rings is 1. The third-order valence-corrected chi connectivity index (χ3v) is 6.48. The van der Waals surface area contributed by atoms with E-state index in [9.17, 15) is 22.8 Å². The van der Waals surface area contributed by atoms with Crippen LogP contribution in [0.15, 0.2) is 36.7 Å². The molecule has 4 heterocycles. The van der Waals surface area contributed by atoms with E-state index in [-0.39, 0.29) is 35.9 Å². The highest BCUT2D eigenvalue weighted by Gasteiger charge is 2.44. The van der Waals surface area contributed by atoms with Gasteiger partial charge in [-0.1, -0.05) is 6.07 Å². The van der Waals surface area contributed by atoms with Crippen molar-refractivity contribution >= 4 is 23.5 Å². The maximum atomic E-state index is 13.6. The number of carbonyl (C=O) groups excluding carboxylic acids is 2. The van der Waals surface area contributed by atoms with Crippen molar-refractivity contribution in [1.82, 2.24) is 19.7 Å². The van der Waals surface area contributed by atoms with Gasteiger partial charge in [-0.15, -0.1) is 10.2 Å². The first kappa shape index (κ1) is 23.7. The number of ether oxygens (including phenoxy) is 1. The van der Waals surface area contributed by atoms with Gasteiger partial charge in [-0.2, -0.15) is 13.2 Å². The van der Waals surface area contributed by atoms with Crippen LogP contribution < -0.4 is 16.0 Å². The zero-order valence-corrected chi connectivity index (χ0v) is 19.2. The van der Waals surface area contributed by atoms with Gasteiger partial charge in [-0.3, -0.25) is 14.5 Å². The van der Waals surface area contributed by atoms with Crippen molar-refractivity contribution < 1.29 is 27.5 Å². The fraction of sp³-hybridized carbons (Fsp3) is 0.348. The Balaban J connectivity index is 1.56. The molecule has 5 rings (SSSR count). The molecule has 0 aliphatic carbocycles. The molecular weight excluding hydrogens is 479 g/mol. The van der Waals surface area contributed by atoms with Gasteiger partial charge in [0.2, 0.25) is 5.91 Å². The fourth-order valence-electron chi connectivity index (χ4n) is 4.50. The summed E-state index contributed by atoms with van der Waals surface area (Å²) in [6.07, 6.45) is -2.55. The van der Waals surface area contributed by atoms with Crippen molar-refractivity contribution in [2.24, 2.45) is 12.8 Å². The number of nitrogens with one attached hydrogen (secondary N) is 1. The van der Waals surface area contributed by atoms with Crippen molar-refractivity contribution in [1.29, 1.82) is 0 Å². The third kappa shape index (κ3) is 4.15. The lowest BCUT2D eigenvalue weighted by Crippen LogP contribution is -2.49. The molecule has 3 aromatic rings. The van der Waals surface area contributed by atoms with Crippen molar-refractivity contribution in [2.75, 3.05) is 30.0 Å². The predicted octanol–water partition coefficient (Wildman–Crippen LogP) is 1.80. The van der Waals surface area contributed by atoms with E-state index in [0.29, 0.717) is 25.5 Å². The molecule has 1 saturated heterocycles. The molecule has 188 valence electrons. The lowest BCUT2D eigenvalue weighted by Gasteiger charge is -2.42. The lowest BCUT2D eigenvalue weighted by molar-refractivity contribution is -0.138. The highest BCUT2D eigenvalue weighted by molar-refractivity contribution is 6.10. The van der Waals surface area contributed by atoms with Crippen LogP contribution in [0, 0.1) is 0 Å². The van der Waals surface area contributed by atoms with E-state index in [1.807, 2.05) is 7.05 Å². The Kier molecular flexibility index (Phi) is 5.66. The second-order valence-corrected chi connectivity index (χ2v) is 8.95. The molecule has 10 nitrogen and oxygen atoms in total. The Labute approximate surface area is 203 Å². The SMILES string of the molecule is Cn1cnnc1CC1(c2cc(NCC(N)=O)nc(N3Cc4c(cccc4C(F)(F)F)C3=O)c2)COC1. The second-order valence-electron chi connectivity index (χ2n) is 8.95. The molecule has 1 fully saturated rings. The Morgan fingerprint density at radius 2 is 2.06 bits per heavy atom. The van der Waals surface area contributed by atoms with E-state index >= 15 is 0 Å². The summed E-state index contributed by atoms with van der Waals surface area (Å²) in [6.45, 7) is 0.202. The molecule has 0 atom stereocenters. The number of amides is 2. The van der Waals surface area contributed by atoms with Gasteiger partial charge in [0.15, 0.2) is 0 Å². The van der Waals surface area contributed by atoms with Crippen molar-refractivity contribution in [3.8, 4) is 0 Å². The Morgan fingerprint density at radius 1 is 1.28 bits per heavy atom. The Hall–Kier alpha value is -4.00. The van der Waals surface area contributed by atoms with E-state index in [4.69, 9.17) is 10.5 Å². The summed E-state index contributed by atoms with van der Waals surface area (Å²) < 4.78 is 48.1. The predicted molar refractivity (Wildman–Crippen MR) is 121 cm³/mol. The van der Waals surface area contributed by atoms with Crippen LogP contribution in [0.2, 0.25) is 0 Å². The van der Waals surface area contributed by atoms with Gasteiger partial charge in [0.1, 0.15) is 23.8 Å². The third-order valence-electron chi connectivity index (χ3n) is 6.48. The van der Waals surface area contributed by atoms with E-state index in [1.54, 1.807) is 23.0 Å². The van der Waals surface area contributed by atoms with Crippen LogP contribution in [0.1, 0.15) is 32.9 Å². The zero-order chi connectivity index (χ0) is 25.7. The molecule has 2 aromatic heterocycles. The number of halogens is 3. The number of alkyl halides is 3. The van der Waals surface area contributed by atoms with Crippen LogP contribution in [0.5, 0.6) is 0 Å². The molecule has 3 N–H and O–H groups in total. The molecule has 1 aromatic carbocycles. The van der Waals surface area contributed by atoms with Crippen molar-refractivity contribution in [3.05, 3.63) is 64.7 Å². The summed E-state index contributed by atoms with van der Waals surface area (Å²) in [5.41, 5.74) is 4.48. The number of primary amides is 1. The van der Waals surface area contributed by atoms with E-state index in [2.05, 4.69) is 20.5 Å². The maximum absolute atomic E-state index is 13.6. The maximum Gasteiger partial charge on any atom is 0.416 e. The topological polar surface area (TPSA) is 128 Å². The average Bonchev–Trinajstić information content (AvgIpc) is 3.36. The highest BCUT2D eigenvalue weighted by atomic mass is 19.4. The number of rotatable bonds is 7. The molecule has 0 saturated carbocycles. The van der Waals surface area contributed by atoms with Crippen molar-refractivity contribution in [3.63, 3.8) is 0 Å². The van der Waals surface area contributed by atoms with Crippen molar-refractivity contribution in [2.45, 2.75) is 24.6 Å². The lowest BCUT2D eigenvalue weighted by atomic mass is 9.75. The minimum atomic E-state index is -4.60. The number of pyridine rings is 1. The van der Waals surface area contributed by atoms with Crippen LogP contribution in [0.25, 0.3) is 0 Å². The monoisotopic (exact) mass is 501 g/mol. The molecule has 13 heteroatoms. The highest BCUT2D eigenvalue weighted by Crippen LogP contribution is 2.41. The molecule has 2 amide bonds. The summed E-state index contributed by atoms with van der Waals surface area (Å²) in [5, 5.41) is 10.9. The smallest absolute Gasteiger partial charge is 0.379 e. The normalized spacial score (nSPS) is 16.6. The number of hydrogen-bond donors (Lipinski definition) is 2. The number of nitrogens with two attached hydrogens (primary N) is 1. The summed E-state index contributed by atoms with van der Waals surface area (Å²) in [6, 6.07) is 6.94. The molecule has 2 aliphatic rings. The first-order valence-electron chi connectivity index (χ1n) is 11.0. The first-order chi connectivity index (χ1) is 17.1. The van der Waals surface area contributed by atoms with Gasteiger partial charge < -0.3 is 20.4 Å². The Bertz CT molecular complexity index is 1350. The van der Waals surface area contributed by atoms with Gasteiger partial charge in [-0.05, 0) is 35.4 Å². The summed E-state index contributed by atoms with van der Waals surface area (Å²) in [4.78, 5) is 30.2. The van der Waals surface area contributed by atoms with E-state index in [1.165, 1.54) is 17.0 Å². The molecule has 0 radical (unpaired) electrons. The molecule has 0 spiro atoms. The largest absolute Gasteiger partial charge is 0.416 e. The number of aromatic nitrogens is 4. The van der Waals surface area contributed by atoms with Gasteiger partial charge in [0, 0.05) is 24.4 Å². The number of aryl methyl sites for hydroxylation is 1. The fourth-order valence-corrected chi connectivity index (χ4v) is 4.50. The van der Waals surface area contributed by atoms with Gasteiger partial charge >= 0.3 is 6.18 Å². The number of anilines is 2. The van der Waals surface area contributed by atoms with Gasteiger partial charge in [-0.25, -0.2) is 4.98 Å². The first-order valence-corrected chi connectivity index (χ1v) is 11.0. The minimum Gasteiger partial charge on any atom is -0.379 e. The number of carbonyl (C=O) groups is 2. The molecule has 36 heavy (non-hydrogen) atoms. The number of hydrogen-bond acceptors (Lipinski definition) is 7.